The Balaban J connectivity index is 0.937. The van der Waals surface area contributed by atoms with Crippen molar-refractivity contribution in [3.8, 4) is 47.0 Å². The Morgan fingerprint density at radius 1 is 0.417 bits per heavy atom. The number of esters is 2. The monoisotopic (exact) mass is 798 g/mol. The first-order chi connectivity index (χ1) is 29.1. The molecule has 0 N–H and O–H groups in total. The van der Waals surface area contributed by atoms with Crippen LogP contribution < -0.4 is 9.47 Å². The minimum atomic E-state index is -0.499. The van der Waals surface area contributed by atoms with Gasteiger partial charge >= 0.3 is 11.9 Å². The van der Waals surface area contributed by atoms with E-state index in [0.29, 0.717) is 37.2 Å². The first kappa shape index (κ1) is 42.0. The zero-order chi connectivity index (χ0) is 42.1. The molecule has 60 heavy (non-hydrogen) atoms. The SMILES string of the molecule is CC(=O)OCCc1ccc(C#Cc2ccc(OCc3ccc(C#Cc4ccc(COc5ccc(C#Cc6ccc(CCOC(C)=O)cc6)cc5F)cc4)cc3)c(F)c2)cc1. The Morgan fingerprint density at radius 2 is 0.700 bits per heavy atom. The van der Waals surface area contributed by atoms with E-state index in [9.17, 15) is 18.4 Å². The largest absolute Gasteiger partial charge is 0.486 e. The molecule has 0 fully saturated rings. The van der Waals surface area contributed by atoms with Crippen LogP contribution >= 0.6 is 0 Å². The van der Waals surface area contributed by atoms with Crippen molar-refractivity contribution in [3.05, 3.63) is 201 Å². The van der Waals surface area contributed by atoms with E-state index in [1.165, 1.54) is 26.0 Å². The average molecular weight is 799 g/mol. The number of halogens is 2. The highest BCUT2D eigenvalue weighted by Crippen LogP contribution is 2.21. The predicted molar refractivity (Wildman–Crippen MR) is 226 cm³/mol. The van der Waals surface area contributed by atoms with Crippen LogP contribution in [0, 0.1) is 47.2 Å². The molecule has 0 amide bonds. The molecule has 0 radical (unpaired) electrons. The molecule has 0 unspecified atom stereocenters. The van der Waals surface area contributed by atoms with Crippen molar-refractivity contribution in [1.82, 2.24) is 0 Å². The molecule has 8 heteroatoms. The highest BCUT2D eigenvalue weighted by Gasteiger charge is 2.07. The van der Waals surface area contributed by atoms with E-state index < -0.39 is 11.6 Å². The number of hydrogen-bond acceptors (Lipinski definition) is 6. The minimum Gasteiger partial charge on any atom is -0.486 e. The molecule has 0 aromatic heterocycles. The van der Waals surface area contributed by atoms with Crippen LogP contribution in [0.2, 0.25) is 0 Å². The fraction of sp³-hybridized carbons (Fsp3) is 0.154. The molecule has 0 aliphatic heterocycles. The van der Waals surface area contributed by atoms with Crippen LogP contribution in [-0.2, 0) is 45.1 Å². The smallest absolute Gasteiger partial charge is 0.302 e. The molecule has 6 aromatic carbocycles. The van der Waals surface area contributed by atoms with Crippen molar-refractivity contribution in [3.63, 3.8) is 0 Å². The third kappa shape index (κ3) is 13.5. The number of hydrogen-bond donors (Lipinski definition) is 0. The molecule has 0 aliphatic rings. The van der Waals surface area contributed by atoms with E-state index in [4.69, 9.17) is 18.9 Å². The van der Waals surface area contributed by atoms with E-state index in [2.05, 4.69) is 35.5 Å². The molecule has 0 saturated carbocycles. The molecule has 0 saturated heterocycles. The quantitative estimate of drug-likeness (QED) is 0.0908. The Morgan fingerprint density at radius 3 is 1.00 bits per heavy atom. The van der Waals surface area contributed by atoms with E-state index >= 15 is 0 Å². The average Bonchev–Trinajstić information content (AvgIpc) is 3.25. The molecule has 6 nitrogen and oxygen atoms in total. The lowest BCUT2D eigenvalue weighted by atomic mass is 10.1. The second kappa shape index (κ2) is 21.2. The van der Waals surface area contributed by atoms with E-state index in [0.717, 1.165) is 44.5 Å². The Hall–Kier alpha value is -7.60. The van der Waals surface area contributed by atoms with Gasteiger partial charge in [-0.05, 0) is 107 Å². The molecule has 298 valence electrons. The second-order valence-electron chi connectivity index (χ2n) is 13.6. The van der Waals surface area contributed by atoms with Gasteiger partial charge in [0.05, 0.1) is 13.2 Å². The summed E-state index contributed by atoms with van der Waals surface area (Å²) in [5.74, 6) is 17.0. The lowest BCUT2D eigenvalue weighted by molar-refractivity contribution is -0.141. The third-order valence-electron chi connectivity index (χ3n) is 8.91. The van der Waals surface area contributed by atoms with Gasteiger partial charge in [0.1, 0.15) is 13.2 Å². The fourth-order valence-corrected chi connectivity index (χ4v) is 5.65. The summed E-state index contributed by atoms with van der Waals surface area (Å²) in [6.07, 6.45) is 1.24. The number of carbonyl (C=O) groups is 2. The maximum Gasteiger partial charge on any atom is 0.302 e. The summed E-state index contributed by atoms with van der Waals surface area (Å²) in [5, 5.41) is 0. The van der Waals surface area contributed by atoms with Gasteiger partial charge in [0.25, 0.3) is 0 Å². The standard InChI is InChI=1S/C52H40F2O6/c1-37(55)57-31-29-43-9-5-39(6-10-43)13-19-45-25-27-51(49(53)33-45)59-35-47-21-15-41(16-22-47)3-4-42-17-23-48(24-18-42)36-60-52-28-26-46(34-50(52)54)20-14-40-7-11-44(12-8-40)30-32-58-38(2)56/h5-12,15-18,21-28,33-34H,29-32,35-36H2,1-2H3. The Bertz CT molecular complexity index is 2430. The third-order valence-corrected chi connectivity index (χ3v) is 8.91. The van der Waals surface area contributed by atoms with Crippen LogP contribution in [0.25, 0.3) is 0 Å². The summed E-state index contributed by atoms with van der Waals surface area (Å²) in [6, 6.07) is 39.6. The molecular formula is C52H40F2O6. The predicted octanol–water partition coefficient (Wildman–Crippen LogP) is 9.53. The zero-order valence-corrected chi connectivity index (χ0v) is 33.1. The van der Waals surface area contributed by atoms with Crippen molar-refractivity contribution in [2.75, 3.05) is 13.2 Å². The molecule has 0 spiro atoms. The Kier molecular flexibility index (Phi) is 14.9. The van der Waals surface area contributed by atoms with Gasteiger partial charge in [-0.3, -0.25) is 9.59 Å². The van der Waals surface area contributed by atoms with Crippen molar-refractivity contribution < 1.29 is 37.3 Å². The van der Waals surface area contributed by atoms with Crippen molar-refractivity contribution in [1.29, 1.82) is 0 Å². The summed E-state index contributed by atoms with van der Waals surface area (Å²) in [7, 11) is 0. The van der Waals surface area contributed by atoms with Gasteiger partial charge in [-0.1, -0.05) is 84.1 Å². The van der Waals surface area contributed by atoms with E-state index in [1.54, 1.807) is 24.3 Å². The summed E-state index contributed by atoms with van der Waals surface area (Å²) in [6.45, 7) is 3.79. The molecule has 0 aliphatic carbocycles. The van der Waals surface area contributed by atoms with Crippen LogP contribution in [0.5, 0.6) is 11.5 Å². The van der Waals surface area contributed by atoms with Crippen molar-refractivity contribution in [2.24, 2.45) is 0 Å². The van der Waals surface area contributed by atoms with Crippen LogP contribution in [0.15, 0.2) is 133 Å². The van der Waals surface area contributed by atoms with Gasteiger partial charge in [0, 0.05) is 60.1 Å². The second-order valence-corrected chi connectivity index (χ2v) is 13.6. The molecule has 0 bridgehead atoms. The maximum atomic E-state index is 14.8. The normalized spacial score (nSPS) is 10.1. The lowest BCUT2D eigenvalue weighted by Gasteiger charge is -2.08. The maximum absolute atomic E-state index is 14.8. The number of benzene rings is 6. The van der Waals surface area contributed by atoms with Gasteiger partial charge in [-0.15, -0.1) is 0 Å². The van der Waals surface area contributed by atoms with Crippen LogP contribution in [0.4, 0.5) is 8.78 Å². The molecule has 6 rings (SSSR count). The van der Waals surface area contributed by atoms with Crippen LogP contribution in [0.1, 0.15) is 69.5 Å². The minimum absolute atomic E-state index is 0.134. The highest BCUT2D eigenvalue weighted by atomic mass is 19.1. The Labute approximate surface area is 349 Å². The molecule has 0 heterocycles. The van der Waals surface area contributed by atoms with E-state index in [-0.39, 0.29) is 36.7 Å². The van der Waals surface area contributed by atoms with Crippen molar-refractivity contribution >= 4 is 11.9 Å². The summed E-state index contributed by atoms with van der Waals surface area (Å²) in [5.41, 5.74) is 8.04. The molecular weight excluding hydrogens is 759 g/mol. The van der Waals surface area contributed by atoms with Gasteiger partial charge in [-0.25, -0.2) is 8.78 Å². The van der Waals surface area contributed by atoms with Gasteiger partial charge in [0.15, 0.2) is 23.1 Å². The number of rotatable bonds is 12. The molecule has 0 atom stereocenters. The van der Waals surface area contributed by atoms with Crippen molar-refractivity contribution in [2.45, 2.75) is 39.9 Å². The number of carbonyl (C=O) groups excluding carboxylic acids is 2. The lowest BCUT2D eigenvalue weighted by Crippen LogP contribution is -2.03. The van der Waals surface area contributed by atoms with Crippen LogP contribution in [-0.4, -0.2) is 25.2 Å². The van der Waals surface area contributed by atoms with Crippen LogP contribution in [0.3, 0.4) is 0 Å². The summed E-state index contributed by atoms with van der Waals surface area (Å²) in [4.78, 5) is 21.9. The van der Waals surface area contributed by atoms with Gasteiger partial charge < -0.3 is 18.9 Å². The van der Waals surface area contributed by atoms with E-state index in [1.807, 2.05) is 97.1 Å². The zero-order valence-electron chi connectivity index (χ0n) is 33.1. The first-order valence-electron chi connectivity index (χ1n) is 19.2. The van der Waals surface area contributed by atoms with Gasteiger partial charge in [0.2, 0.25) is 0 Å². The van der Waals surface area contributed by atoms with Gasteiger partial charge in [-0.2, -0.15) is 0 Å². The summed E-state index contributed by atoms with van der Waals surface area (Å²) < 4.78 is 51.1. The first-order valence-corrected chi connectivity index (χ1v) is 19.2. The number of ether oxygens (including phenoxy) is 4. The fourth-order valence-electron chi connectivity index (χ4n) is 5.65. The topological polar surface area (TPSA) is 71.1 Å². The summed E-state index contributed by atoms with van der Waals surface area (Å²) >= 11 is 0. The highest BCUT2D eigenvalue weighted by molar-refractivity contribution is 5.66. The molecule has 6 aromatic rings.